The molecular weight excluding hydrogens is 304 g/mol. The minimum Gasteiger partial charge on any atom is -0.480 e. The van der Waals surface area contributed by atoms with E-state index in [2.05, 4.69) is 17.2 Å². The number of fused-ring (bicyclic) bond motifs is 1. The Morgan fingerprint density at radius 3 is 2.71 bits per heavy atom. The summed E-state index contributed by atoms with van der Waals surface area (Å²) in [5, 5.41) is 13.5. The SMILES string of the molecule is CC1CCC(NC(=O)CCc2c[nH]c3ccccc23)(C(=O)O)CC1. The van der Waals surface area contributed by atoms with E-state index in [0.717, 1.165) is 29.3 Å². The lowest BCUT2D eigenvalue weighted by Crippen LogP contribution is -2.56. The van der Waals surface area contributed by atoms with Crippen molar-refractivity contribution in [3.8, 4) is 0 Å². The second kappa shape index (κ2) is 6.67. The number of hydrogen-bond acceptors (Lipinski definition) is 2. The lowest BCUT2D eigenvalue weighted by molar-refractivity contribution is -0.149. The molecule has 2 aromatic rings. The number of aryl methyl sites for hydroxylation is 1. The summed E-state index contributed by atoms with van der Waals surface area (Å²) in [5.74, 6) is -0.562. The van der Waals surface area contributed by atoms with Gasteiger partial charge in [-0.15, -0.1) is 0 Å². The van der Waals surface area contributed by atoms with Crippen molar-refractivity contribution in [3.63, 3.8) is 0 Å². The van der Waals surface area contributed by atoms with Crippen LogP contribution in [0.3, 0.4) is 0 Å². The van der Waals surface area contributed by atoms with E-state index in [0.29, 0.717) is 31.6 Å². The Morgan fingerprint density at radius 1 is 1.29 bits per heavy atom. The highest BCUT2D eigenvalue weighted by Crippen LogP contribution is 2.32. The van der Waals surface area contributed by atoms with Gasteiger partial charge in [-0.3, -0.25) is 4.79 Å². The van der Waals surface area contributed by atoms with Crippen LogP contribution in [0.2, 0.25) is 0 Å². The van der Waals surface area contributed by atoms with Gasteiger partial charge in [0.05, 0.1) is 0 Å². The average molecular weight is 328 g/mol. The summed E-state index contributed by atoms with van der Waals surface area (Å²) >= 11 is 0. The summed E-state index contributed by atoms with van der Waals surface area (Å²) in [7, 11) is 0. The molecule has 1 heterocycles. The van der Waals surface area contributed by atoms with Gasteiger partial charge in [-0.25, -0.2) is 4.79 Å². The van der Waals surface area contributed by atoms with E-state index in [-0.39, 0.29) is 5.91 Å². The van der Waals surface area contributed by atoms with Crippen LogP contribution in [-0.2, 0) is 16.0 Å². The summed E-state index contributed by atoms with van der Waals surface area (Å²) in [6, 6.07) is 7.97. The zero-order chi connectivity index (χ0) is 17.2. The number of aliphatic carboxylic acids is 1. The number of carbonyl (C=O) groups is 2. The maximum Gasteiger partial charge on any atom is 0.329 e. The first-order valence-electron chi connectivity index (χ1n) is 8.59. The molecule has 5 heteroatoms. The molecule has 3 N–H and O–H groups in total. The Kier molecular flexibility index (Phi) is 4.60. The zero-order valence-corrected chi connectivity index (χ0v) is 14.0. The number of carboxylic acids is 1. The first-order valence-corrected chi connectivity index (χ1v) is 8.59. The first-order chi connectivity index (χ1) is 11.5. The number of rotatable bonds is 5. The van der Waals surface area contributed by atoms with Crippen LogP contribution in [0.5, 0.6) is 0 Å². The molecule has 0 unspecified atom stereocenters. The molecule has 0 aliphatic heterocycles. The predicted molar refractivity (Wildman–Crippen MR) is 92.8 cm³/mol. The Hall–Kier alpha value is -2.30. The molecule has 1 aromatic carbocycles. The highest BCUT2D eigenvalue weighted by atomic mass is 16.4. The van der Waals surface area contributed by atoms with Gasteiger partial charge >= 0.3 is 5.97 Å². The standard InChI is InChI=1S/C19H24N2O3/c1-13-8-10-19(11-9-13,18(23)24)21-17(22)7-6-14-12-20-16-5-3-2-4-15(14)16/h2-5,12-13,20H,6-11H2,1H3,(H,21,22)(H,23,24). The van der Waals surface area contributed by atoms with Crippen LogP contribution in [0.15, 0.2) is 30.5 Å². The van der Waals surface area contributed by atoms with E-state index in [1.165, 1.54) is 0 Å². The fourth-order valence-electron chi connectivity index (χ4n) is 3.56. The number of carboxylic acid groups (broad SMARTS) is 1. The maximum absolute atomic E-state index is 12.3. The van der Waals surface area contributed by atoms with Crippen LogP contribution >= 0.6 is 0 Å². The molecule has 1 aliphatic rings. The largest absolute Gasteiger partial charge is 0.480 e. The number of benzene rings is 1. The smallest absolute Gasteiger partial charge is 0.329 e. The minimum atomic E-state index is -1.08. The first kappa shape index (κ1) is 16.6. The van der Waals surface area contributed by atoms with E-state index in [1.54, 1.807) is 0 Å². The van der Waals surface area contributed by atoms with Gasteiger partial charge in [0.15, 0.2) is 0 Å². The molecule has 1 aliphatic carbocycles. The molecule has 0 saturated heterocycles. The summed E-state index contributed by atoms with van der Waals surface area (Å²) in [6.45, 7) is 2.13. The number of amides is 1. The van der Waals surface area contributed by atoms with Crippen molar-refractivity contribution in [1.82, 2.24) is 10.3 Å². The van der Waals surface area contributed by atoms with E-state index in [1.807, 2.05) is 30.5 Å². The number of aromatic amines is 1. The van der Waals surface area contributed by atoms with E-state index >= 15 is 0 Å². The van der Waals surface area contributed by atoms with Crippen LogP contribution in [0.4, 0.5) is 0 Å². The van der Waals surface area contributed by atoms with Gasteiger partial charge in [0, 0.05) is 23.5 Å². The second-order valence-corrected chi connectivity index (χ2v) is 6.98. The summed E-state index contributed by atoms with van der Waals surface area (Å²) in [6.07, 6.45) is 5.54. The van der Waals surface area contributed by atoms with Crippen LogP contribution in [-0.4, -0.2) is 27.5 Å². The van der Waals surface area contributed by atoms with Gasteiger partial charge in [0.25, 0.3) is 0 Å². The monoisotopic (exact) mass is 328 g/mol. The zero-order valence-electron chi connectivity index (χ0n) is 14.0. The second-order valence-electron chi connectivity index (χ2n) is 6.98. The van der Waals surface area contributed by atoms with Crippen LogP contribution in [0.25, 0.3) is 10.9 Å². The highest BCUT2D eigenvalue weighted by molar-refractivity contribution is 5.88. The summed E-state index contributed by atoms with van der Waals surface area (Å²) in [4.78, 5) is 27.3. The van der Waals surface area contributed by atoms with E-state index < -0.39 is 11.5 Å². The summed E-state index contributed by atoms with van der Waals surface area (Å²) < 4.78 is 0. The molecule has 1 saturated carbocycles. The molecular formula is C19H24N2O3. The molecule has 0 spiro atoms. The van der Waals surface area contributed by atoms with Crippen molar-refractivity contribution in [2.75, 3.05) is 0 Å². The fraction of sp³-hybridized carbons (Fsp3) is 0.474. The molecule has 1 amide bonds. The maximum atomic E-state index is 12.3. The number of para-hydroxylation sites is 1. The van der Waals surface area contributed by atoms with Gasteiger partial charge in [0.1, 0.15) is 5.54 Å². The molecule has 24 heavy (non-hydrogen) atoms. The fourth-order valence-corrected chi connectivity index (χ4v) is 3.56. The van der Waals surface area contributed by atoms with Gasteiger partial charge < -0.3 is 15.4 Å². The minimum absolute atomic E-state index is 0.183. The third kappa shape index (κ3) is 3.30. The number of hydrogen-bond donors (Lipinski definition) is 3. The molecule has 128 valence electrons. The number of aromatic nitrogens is 1. The summed E-state index contributed by atoms with van der Waals surface area (Å²) in [5.41, 5.74) is 1.06. The highest BCUT2D eigenvalue weighted by Gasteiger charge is 2.42. The Balaban J connectivity index is 1.63. The Morgan fingerprint density at radius 2 is 2.00 bits per heavy atom. The van der Waals surface area contributed by atoms with Crippen molar-refractivity contribution in [3.05, 3.63) is 36.0 Å². The van der Waals surface area contributed by atoms with Crippen molar-refractivity contribution >= 4 is 22.8 Å². The molecule has 0 atom stereocenters. The van der Waals surface area contributed by atoms with E-state index in [4.69, 9.17) is 0 Å². The molecule has 5 nitrogen and oxygen atoms in total. The molecule has 1 aromatic heterocycles. The van der Waals surface area contributed by atoms with Crippen LogP contribution < -0.4 is 5.32 Å². The van der Waals surface area contributed by atoms with Gasteiger partial charge in [0.2, 0.25) is 5.91 Å². The Labute approximate surface area is 141 Å². The van der Waals surface area contributed by atoms with Gasteiger partial charge in [-0.2, -0.15) is 0 Å². The van der Waals surface area contributed by atoms with Crippen molar-refractivity contribution in [2.45, 2.75) is 51.0 Å². The molecule has 0 bridgehead atoms. The third-order valence-corrected chi connectivity index (χ3v) is 5.21. The average Bonchev–Trinajstić information content (AvgIpc) is 2.98. The third-order valence-electron chi connectivity index (χ3n) is 5.21. The predicted octanol–water partition coefficient (Wildman–Crippen LogP) is 3.25. The number of H-pyrrole nitrogens is 1. The van der Waals surface area contributed by atoms with Crippen molar-refractivity contribution in [1.29, 1.82) is 0 Å². The lowest BCUT2D eigenvalue weighted by atomic mass is 9.77. The molecule has 3 rings (SSSR count). The van der Waals surface area contributed by atoms with Crippen molar-refractivity contribution in [2.24, 2.45) is 5.92 Å². The van der Waals surface area contributed by atoms with Crippen LogP contribution in [0, 0.1) is 5.92 Å². The Bertz CT molecular complexity index is 742. The van der Waals surface area contributed by atoms with Crippen LogP contribution in [0.1, 0.15) is 44.6 Å². The van der Waals surface area contributed by atoms with Gasteiger partial charge in [-0.05, 0) is 49.7 Å². The topological polar surface area (TPSA) is 82.2 Å². The number of carbonyl (C=O) groups excluding carboxylic acids is 1. The normalized spacial score (nSPS) is 24.0. The quantitative estimate of drug-likeness (QED) is 0.788. The lowest BCUT2D eigenvalue weighted by Gasteiger charge is -2.36. The number of nitrogens with one attached hydrogen (secondary N) is 2. The molecule has 1 fully saturated rings. The van der Waals surface area contributed by atoms with Gasteiger partial charge in [-0.1, -0.05) is 25.1 Å². The molecule has 0 radical (unpaired) electrons. The van der Waals surface area contributed by atoms with E-state index in [9.17, 15) is 14.7 Å². The van der Waals surface area contributed by atoms with Crippen molar-refractivity contribution < 1.29 is 14.7 Å².